The molecule has 0 saturated carbocycles. The van der Waals surface area contributed by atoms with Crippen LogP contribution in [0.25, 0.3) is 16.9 Å². The van der Waals surface area contributed by atoms with Crippen LogP contribution in [0.1, 0.15) is 21.6 Å². The largest absolute Gasteiger partial charge is 0.433 e. The Bertz CT molecular complexity index is 1400. The Hall–Kier alpha value is -3.99. The Balaban J connectivity index is 1.48. The van der Waals surface area contributed by atoms with Crippen LogP contribution in [0.2, 0.25) is 0 Å². The van der Waals surface area contributed by atoms with Gasteiger partial charge in [-0.25, -0.2) is 9.50 Å². The number of nitrogens with zero attached hydrogens (tertiary/aromatic N) is 5. The Morgan fingerprint density at radius 2 is 1.86 bits per heavy atom. The van der Waals surface area contributed by atoms with E-state index in [0.717, 1.165) is 47.8 Å². The minimum absolute atomic E-state index is 0.137. The topological polar surface area (TPSA) is 84.7 Å². The molecule has 1 saturated heterocycles. The number of amides is 1. The number of hydrogen-bond donors (Lipinski definition) is 1. The lowest BCUT2D eigenvalue weighted by Gasteiger charge is -2.29. The molecular formula is C24H21F3N6O2. The molecule has 3 aromatic heterocycles. The zero-order chi connectivity index (χ0) is 24.6. The van der Waals surface area contributed by atoms with Crippen molar-refractivity contribution in [3.8, 4) is 11.3 Å². The summed E-state index contributed by atoms with van der Waals surface area (Å²) >= 11 is 0. The number of carbonyl (C=O) groups excluding carboxylic acids is 1. The number of fused-ring (bicyclic) bond motifs is 1. The maximum absolute atomic E-state index is 13.0. The van der Waals surface area contributed by atoms with Crippen molar-refractivity contribution in [3.05, 3.63) is 71.8 Å². The number of aromatic nitrogens is 4. The number of rotatable bonds is 4. The molecule has 0 radical (unpaired) electrons. The zero-order valence-electron chi connectivity index (χ0n) is 18.7. The average molecular weight is 482 g/mol. The van der Waals surface area contributed by atoms with E-state index in [1.807, 2.05) is 19.1 Å². The number of alkyl halides is 3. The molecule has 1 fully saturated rings. The lowest BCUT2D eigenvalue weighted by Crippen LogP contribution is -2.36. The fourth-order valence-electron chi connectivity index (χ4n) is 3.97. The molecule has 1 aliphatic heterocycles. The number of aryl methyl sites for hydroxylation is 1. The van der Waals surface area contributed by atoms with Crippen molar-refractivity contribution in [2.24, 2.45) is 0 Å². The van der Waals surface area contributed by atoms with E-state index in [0.29, 0.717) is 24.6 Å². The fraction of sp³-hybridized carbons (Fsp3) is 0.250. The second-order valence-corrected chi connectivity index (χ2v) is 8.12. The van der Waals surface area contributed by atoms with Crippen LogP contribution in [0, 0.1) is 6.92 Å². The average Bonchev–Trinajstić information content (AvgIpc) is 3.33. The minimum atomic E-state index is -4.64. The molecule has 11 heteroatoms. The molecule has 180 valence electrons. The van der Waals surface area contributed by atoms with E-state index in [1.54, 1.807) is 29.0 Å². The number of benzene rings is 1. The van der Waals surface area contributed by atoms with Gasteiger partial charge < -0.3 is 15.0 Å². The van der Waals surface area contributed by atoms with Gasteiger partial charge >= 0.3 is 6.18 Å². The lowest BCUT2D eigenvalue weighted by atomic mass is 10.0. The maximum Gasteiger partial charge on any atom is 0.433 e. The molecule has 0 aliphatic carbocycles. The highest BCUT2D eigenvalue weighted by Crippen LogP contribution is 2.31. The SMILES string of the molecule is Cc1ccc(NC(=O)c2ccnc(C(F)(F)F)c2)cc1-c1cc(N2CCOCC2)c2nccn2n1. The van der Waals surface area contributed by atoms with Gasteiger partial charge in [-0.3, -0.25) is 9.78 Å². The fourth-order valence-corrected chi connectivity index (χ4v) is 3.97. The van der Waals surface area contributed by atoms with Crippen LogP contribution in [-0.2, 0) is 10.9 Å². The molecule has 0 spiro atoms. The first kappa shape index (κ1) is 22.8. The summed E-state index contributed by atoms with van der Waals surface area (Å²) < 4.78 is 46.1. The molecule has 5 rings (SSSR count). The van der Waals surface area contributed by atoms with E-state index >= 15 is 0 Å². The summed E-state index contributed by atoms with van der Waals surface area (Å²) in [6.07, 6.45) is -0.215. The van der Waals surface area contributed by atoms with Gasteiger partial charge in [0.15, 0.2) is 5.65 Å². The highest BCUT2D eigenvalue weighted by atomic mass is 19.4. The zero-order valence-corrected chi connectivity index (χ0v) is 18.7. The molecule has 35 heavy (non-hydrogen) atoms. The molecule has 1 aromatic carbocycles. The summed E-state index contributed by atoms with van der Waals surface area (Å²) in [6.45, 7) is 4.62. The molecule has 0 atom stereocenters. The van der Waals surface area contributed by atoms with E-state index in [2.05, 4.69) is 25.3 Å². The summed E-state index contributed by atoms with van der Waals surface area (Å²) in [5.74, 6) is -0.667. The second kappa shape index (κ2) is 8.99. The van der Waals surface area contributed by atoms with Crippen LogP contribution in [-0.4, -0.2) is 51.8 Å². The first-order valence-corrected chi connectivity index (χ1v) is 10.9. The van der Waals surface area contributed by atoms with Crippen molar-refractivity contribution >= 4 is 22.9 Å². The Morgan fingerprint density at radius 1 is 1.06 bits per heavy atom. The summed E-state index contributed by atoms with van der Waals surface area (Å²) in [5, 5.41) is 7.37. The number of carbonyl (C=O) groups is 1. The third-order valence-electron chi connectivity index (χ3n) is 5.78. The molecule has 1 aliphatic rings. The highest BCUT2D eigenvalue weighted by Gasteiger charge is 2.33. The van der Waals surface area contributed by atoms with Gasteiger partial charge in [0, 0.05) is 48.5 Å². The molecule has 8 nitrogen and oxygen atoms in total. The van der Waals surface area contributed by atoms with Crippen LogP contribution in [0.3, 0.4) is 0 Å². The van der Waals surface area contributed by atoms with Gasteiger partial charge in [-0.2, -0.15) is 18.3 Å². The number of halogens is 3. The van der Waals surface area contributed by atoms with Crippen LogP contribution in [0.15, 0.2) is 55.0 Å². The minimum Gasteiger partial charge on any atom is -0.378 e. The van der Waals surface area contributed by atoms with E-state index in [4.69, 9.17) is 4.74 Å². The molecule has 0 unspecified atom stereocenters. The molecule has 4 heterocycles. The third-order valence-corrected chi connectivity index (χ3v) is 5.78. The van der Waals surface area contributed by atoms with Crippen molar-refractivity contribution in [2.45, 2.75) is 13.1 Å². The maximum atomic E-state index is 13.0. The smallest absolute Gasteiger partial charge is 0.378 e. The van der Waals surface area contributed by atoms with Crippen LogP contribution in [0.4, 0.5) is 24.5 Å². The number of pyridine rings is 1. The Morgan fingerprint density at radius 3 is 2.63 bits per heavy atom. The van der Waals surface area contributed by atoms with E-state index in [1.165, 1.54) is 6.07 Å². The van der Waals surface area contributed by atoms with Crippen molar-refractivity contribution in [3.63, 3.8) is 0 Å². The quantitative estimate of drug-likeness (QED) is 0.469. The summed E-state index contributed by atoms with van der Waals surface area (Å²) in [7, 11) is 0. The van der Waals surface area contributed by atoms with Gasteiger partial charge in [-0.15, -0.1) is 0 Å². The van der Waals surface area contributed by atoms with Gasteiger partial charge in [-0.05, 0) is 42.8 Å². The van der Waals surface area contributed by atoms with Crippen molar-refractivity contribution in [1.82, 2.24) is 19.6 Å². The number of imidazole rings is 1. The van der Waals surface area contributed by atoms with Crippen molar-refractivity contribution < 1.29 is 22.7 Å². The number of ether oxygens (including phenoxy) is 1. The standard InChI is InChI=1S/C24H21F3N6O2/c1-15-2-3-17(30-23(34)16-4-5-28-21(12-16)24(25,26)27)13-18(15)19-14-20(32-8-10-35-11-9-32)22-29-6-7-33(22)31-19/h2-7,12-14H,8-11H2,1H3,(H,30,34). The summed E-state index contributed by atoms with van der Waals surface area (Å²) in [6, 6.07) is 9.21. The van der Waals surface area contributed by atoms with Crippen molar-refractivity contribution in [1.29, 1.82) is 0 Å². The summed E-state index contributed by atoms with van der Waals surface area (Å²) in [5.41, 5.74) is 3.20. The first-order valence-electron chi connectivity index (χ1n) is 10.9. The number of anilines is 2. The predicted octanol–water partition coefficient (Wildman–Crippen LogP) is 4.21. The highest BCUT2D eigenvalue weighted by molar-refractivity contribution is 6.04. The van der Waals surface area contributed by atoms with Crippen molar-refractivity contribution in [2.75, 3.05) is 36.5 Å². The van der Waals surface area contributed by atoms with Gasteiger partial charge in [-0.1, -0.05) is 6.07 Å². The number of hydrogen-bond acceptors (Lipinski definition) is 6. The molecule has 1 amide bonds. The van der Waals surface area contributed by atoms with Crippen LogP contribution >= 0.6 is 0 Å². The van der Waals surface area contributed by atoms with Gasteiger partial charge in [0.25, 0.3) is 5.91 Å². The van der Waals surface area contributed by atoms with Gasteiger partial charge in [0.05, 0.1) is 24.6 Å². The normalized spacial score (nSPS) is 14.3. The van der Waals surface area contributed by atoms with E-state index in [9.17, 15) is 18.0 Å². The van der Waals surface area contributed by atoms with Gasteiger partial charge in [0.1, 0.15) is 5.69 Å². The van der Waals surface area contributed by atoms with Gasteiger partial charge in [0.2, 0.25) is 0 Å². The Labute approximate surface area is 198 Å². The third kappa shape index (κ3) is 4.67. The summed E-state index contributed by atoms with van der Waals surface area (Å²) in [4.78, 5) is 22.6. The predicted molar refractivity (Wildman–Crippen MR) is 123 cm³/mol. The van der Waals surface area contributed by atoms with E-state index < -0.39 is 17.8 Å². The molecule has 0 bridgehead atoms. The second-order valence-electron chi connectivity index (χ2n) is 8.12. The monoisotopic (exact) mass is 482 g/mol. The van der Waals surface area contributed by atoms with E-state index in [-0.39, 0.29) is 5.56 Å². The molecule has 1 N–H and O–H groups in total. The number of nitrogens with one attached hydrogen (secondary N) is 1. The van der Waals surface area contributed by atoms with Crippen LogP contribution in [0.5, 0.6) is 0 Å². The van der Waals surface area contributed by atoms with Crippen LogP contribution < -0.4 is 10.2 Å². The number of morpholine rings is 1. The Kier molecular flexibility index (Phi) is 5.85. The molecule has 4 aromatic rings. The first-order chi connectivity index (χ1) is 16.8. The lowest BCUT2D eigenvalue weighted by molar-refractivity contribution is -0.141. The molecular weight excluding hydrogens is 461 g/mol.